The Morgan fingerprint density at radius 1 is 0.889 bits per heavy atom. The van der Waals surface area contributed by atoms with Crippen molar-refractivity contribution in [1.29, 1.82) is 0 Å². The van der Waals surface area contributed by atoms with Gasteiger partial charge in [0.1, 0.15) is 0 Å². The third-order valence-corrected chi connectivity index (χ3v) is 3.95. The average molecular weight is 248 g/mol. The molecule has 0 aromatic heterocycles. The summed E-state index contributed by atoms with van der Waals surface area (Å²) < 4.78 is 0. The first-order valence-electron chi connectivity index (χ1n) is 7.36. The highest BCUT2D eigenvalue weighted by atomic mass is 14.2. The molecule has 0 N–H and O–H groups in total. The zero-order valence-corrected chi connectivity index (χ0v) is 13.8. The first-order valence-corrected chi connectivity index (χ1v) is 7.36. The second kappa shape index (κ2) is 7.61. The molecule has 0 aliphatic rings. The van der Waals surface area contributed by atoms with Crippen molar-refractivity contribution in [3.63, 3.8) is 0 Å². The van der Waals surface area contributed by atoms with Crippen LogP contribution in [0.15, 0.2) is 34.4 Å². The molecule has 104 valence electrons. The summed E-state index contributed by atoms with van der Waals surface area (Å²) in [7, 11) is 0. The largest absolute Gasteiger partial charge is 0.0912 e. The molecule has 0 aromatic rings. The molecule has 0 rings (SSSR count). The van der Waals surface area contributed by atoms with Gasteiger partial charge < -0.3 is 0 Å². The molecular weight excluding hydrogens is 216 g/mol. The summed E-state index contributed by atoms with van der Waals surface area (Å²) in [6.45, 7) is 22.5. The molecule has 0 fully saturated rings. The standard InChI is InChI=1S/C18H32/c1-10-14(7)18(13(5)6)16(9)17(11-2)15(8)12(3)4/h12-13H,9-11H2,1-8H3/b17-15+,18-14-. The van der Waals surface area contributed by atoms with Crippen molar-refractivity contribution < 1.29 is 0 Å². The van der Waals surface area contributed by atoms with E-state index < -0.39 is 0 Å². The lowest BCUT2D eigenvalue weighted by Crippen LogP contribution is -2.06. The van der Waals surface area contributed by atoms with Gasteiger partial charge in [-0.1, -0.05) is 59.3 Å². The molecule has 0 aliphatic heterocycles. The fourth-order valence-corrected chi connectivity index (χ4v) is 2.53. The zero-order valence-electron chi connectivity index (χ0n) is 13.8. The minimum atomic E-state index is 0.555. The summed E-state index contributed by atoms with van der Waals surface area (Å²) in [5, 5.41) is 0. The summed E-state index contributed by atoms with van der Waals surface area (Å²) in [4.78, 5) is 0. The van der Waals surface area contributed by atoms with Crippen LogP contribution in [0.4, 0.5) is 0 Å². The lowest BCUT2D eigenvalue weighted by atomic mass is 9.82. The van der Waals surface area contributed by atoms with Gasteiger partial charge in [0.25, 0.3) is 0 Å². The maximum Gasteiger partial charge on any atom is -0.0214 e. The minimum absolute atomic E-state index is 0.555. The predicted octanol–water partition coefficient (Wildman–Crippen LogP) is 6.31. The molecule has 0 radical (unpaired) electrons. The highest BCUT2D eigenvalue weighted by Gasteiger charge is 2.16. The van der Waals surface area contributed by atoms with Gasteiger partial charge in [-0.2, -0.15) is 0 Å². The second-order valence-corrected chi connectivity index (χ2v) is 5.85. The SMILES string of the molecule is C=C(/C(=C(/C)CC)C(C)C)/C(CC)=C(\C)C(C)C. The molecule has 0 nitrogen and oxygen atoms in total. The third-order valence-electron chi connectivity index (χ3n) is 3.95. The molecule has 0 bridgehead atoms. The monoisotopic (exact) mass is 248 g/mol. The van der Waals surface area contributed by atoms with E-state index in [4.69, 9.17) is 0 Å². The van der Waals surface area contributed by atoms with E-state index in [0.717, 1.165) is 12.8 Å². The minimum Gasteiger partial charge on any atom is -0.0912 e. The Balaban J connectivity index is 5.67. The van der Waals surface area contributed by atoms with E-state index in [1.54, 1.807) is 0 Å². The molecule has 0 amide bonds. The van der Waals surface area contributed by atoms with Crippen LogP contribution in [0.2, 0.25) is 0 Å². The van der Waals surface area contributed by atoms with Gasteiger partial charge >= 0.3 is 0 Å². The smallest absolute Gasteiger partial charge is 0.0214 e. The number of hydrogen-bond donors (Lipinski definition) is 0. The summed E-state index contributed by atoms with van der Waals surface area (Å²) in [5.41, 5.74) is 7.18. The Kier molecular flexibility index (Phi) is 7.28. The first kappa shape index (κ1) is 17.2. The van der Waals surface area contributed by atoms with Gasteiger partial charge in [0.15, 0.2) is 0 Å². The Bertz CT molecular complexity index is 348. The molecule has 0 saturated carbocycles. The third kappa shape index (κ3) is 4.15. The normalized spacial score (nSPS) is 14.8. The van der Waals surface area contributed by atoms with Gasteiger partial charge in [0.05, 0.1) is 0 Å². The van der Waals surface area contributed by atoms with Crippen molar-refractivity contribution in [3.05, 3.63) is 34.4 Å². The maximum absolute atomic E-state index is 4.40. The highest BCUT2D eigenvalue weighted by Crippen LogP contribution is 2.33. The van der Waals surface area contributed by atoms with Crippen LogP contribution in [-0.2, 0) is 0 Å². The van der Waals surface area contributed by atoms with Gasteiger partial charge in [-0.15, -0.1) is 0 Å². The Labute approximate surface area is 115 Å². The van der Waals surface area contributed by atoms with Crippen LogP contribution in [0.5, 0.6) is 0 Å². The van der Waals surface area contributed by atoms with Crippen molar-refractivity contribution in [2.75, 3.05) is 0 Å². The molecule has 0 aromatic carbocycles. The lowest BCUT2D eigenvalue weighted by Gasteiger charge is -2.23. The second-order valence-electron chi connectivity index (χ2n) is 5.85. The summed E-state index contributed by atoms with van der Waals surface area (Å²) in [5.74, 6) is 1.16. The van der Waals surface area contributed by atoms with Crippen molar-refractivity contribution in [2.45, 2.75) is 68.2 Å². The van der Waals surface area contributed by atoms with E-state index in [0.29, 0.717) is 11.8 Å². The lowest BCUT2D eigenvalue weighted by molar-refractivity contribution is 0.732. The van der Waals surface area contributed by atoms with Crippen LogP contribution in [-0.4, -0.2) is 0 Å². The number of allylic oxidation sites excluding steroid dienone is 5. The van der Waals surface area contributed by atoms with E-state index in [2.05, 4.69) is 62.0 Å². The van der Waals surface area contributed by atoms with Crippen molar-refractivity contribution in [1.82, 2.24) is 0 Å². The Morgan fingerprint density at radius 3 is 1.67 bits per heavy atom. The molecule has 0 unspecified atom stereocenters. The summed E-state index contributed by atoms with van der Waals surface area (Å²) in [6, 6.07) is 0. The zero-order chi connectivity index (χ0) is 14.5. The quantitative estimate of drug-likeness (QED) is 0.483. The van der Waals surface area contributed by atoms with Crippen LogP contribution >= 0.6 is 0 Å². The van der Waals surface area contributed by atoms with Crippen LogP contribution < -0.4 is 0 Å². The van der Waals surface area contributed by atoms with Crippen LogP contribution in [0, 0.1) is 11.8 Å². The fraction of sp³-hybridized carbons (Fsp3) is 0.667. The van der Waals surface area contributed by atoms with Gasteiger partial charge in [-0.05, 0) is 55.2 Å². The molecular formula is C18H32. The van der Waals surface area contributed by atoms with Crippen molar-refractivity contribution >= 4 is 0 Å². The van der Waals surface area contributed by atoms with Crippen LogP contribution in [0.3, 0.4) is 0 Å². The summed E-state index contributed by atoms with van der Waals surface area (Å²) >= 11 is 0. The van der Waals surface area contributed by atoms with E-state index in [9.17, 15) is 0 Å². The molecule has 0 spiro atoms. The molecule has 0 saturated heterocycles. The van der Waals surface area contributed by atoms with E-state index in [1.165, 1.54) is 27.9 Å². The maximum atomic E-state index is 4.40. The number of rotatable bonds is 6. The molecule has 0 atom stereocenters. The molecule has 0 heterocycles. The summed E-state index contributed by atoms with van der Waals surface area (Å²) in [6.07, 6.45) is 2.19. The first-order chi connectivity index (χ1) is 8.27. The Hall–Kier alpha value is -0.780. The molecule has 18 heavy (non-hydrogen) atoms. The molecule has 0 heteroatoms. The van der Waals surface area contributed by atoms with Gasteiger partial charge in [0.2, 0.25) is 0 Å². The van der Waals surface area contributed by atoms with Crippen LogP contribution in [0.1, 0.15) is 68.2 Å². The number of hydrogen-bond acceptors (Lipinski definition) is 0. The highest BCUT2D eigenvalue weighted by molar-refractivity contribution is 5.49. The average Bonchev–Trinajstić information content (AvgIpc) is 2.28. The topological polar surface area (TPSA) is 0 Å². The van der Waals surface area contributed by atoms with Crippen molar-refractivity contribution in [3.8, 4) is 0 Å². The van der Waals surface area contributed by atoms with Gasteiger partial charge in [0, 0.05) is 0 Å². The van der Waals surface area contributed by atoms with Gasteiger partial charge in [-0.3, -0.25) is 0 Å². The van der Waals surface area contributed by atoms with E-state index in [-0.39, 0.29) is 0 Å². The predicted molar refractivity (Wildman–Crippen MR) is 84.8 cm³/mol. The fourth-order valence-electron chi connectivity index (χ4n) is 2.53. The Morgan fingerprint density at radius 2 is 1.39 bits per heavy atom. The van der Waals surface area contributed by atoms with Gasteiger partial charge in [-0.25, -0.2) is 0 Å². The van der Waals surface area contributed by atoms with Crippen LogP contribution in [0.25, 0.3) is 0 Å². The van der Waals surface area contributed by atoms with Crippen molar-refractivity contribution in [2.24, 2.45) is 11.8 Å². The van der Waals surface area contributed by atoms with E-state index in [1.807, 2.05) is 0 Å². The molecule has 0 aliphatic carbocycles. The van der Waals surface area contributed by atoms with E-state index >= 15 is 0 Å².